The molecule has 0 aliphatic heterocycles. The molecule has 8 aromatic rings. The Morgan fingerprint density at radius 3 is 1.06 bits per heavy atom. The molecule has 0 atom stereocenters. The van der Waals surface area contributed by atoms with Crippen molar-refractivity contribution in [3.05, 3.63) is 145 Å². The first-order chi connectivity index (χ1) is 31.1. The van der Waals surface area contributed by atoms with Crippen molar-refractivity contribution in [2.24, 2.45) is 0 Å². The van der Waals surface area contributed by atoms with Crippen molar-refractivity contribution >= 4 is 82.5 Å². The quantitative estimate of drug-likeness (QED) is 0.0483. The number of nitrogens with one attached hydrogen (secondary N) is 2. The Bertz CT molecular complexity index is 2800. The van der Waals surface area contributed by atoms with Crippen LogP contribution in [0.2, 0.25) is 0 Å². The van der Waals surface area contributed by atoms with Crippen LogP contribution in [-0.2, 0) is 27.5 Å². The molecule has 0 saturated carbocycles. The number of carboxylic acids is 3. The van der Waals surface area contributed by atoms with Gasteiger partial charge in [0.25, 0.3) is 0 Å². The van der Waals surface area contributed by atoms with Gasteiger partial charge >= 0.3 is 17.9 Å². The van der Waals surface area contributed by atoms with Crippen molar-refractivity contribution < 1.29 is 55.2 Å². The van der Waals surface area contributed by atoms with Gasteiger partial charge in [-0.2, -0.15) is 0 Å². The second kappa shape index (κ2) is 20.5. The van der Waals surface area contributed by atoms with E-state index >= 15 is 0 Å². The molecule has 0 aliphatic carbocycles. The van der Waals surface area contributed by atoms with Gasteiger partial charge in [-0.15, -0.1) is 0 Å². The zero-order chi connectivity index (χ0) is 46.9. The molecule has 8 rings (SSSR count). The van der Waals surface area contributed by atoms with Crippen molar-refractivity contribution in [2.45, 2.75) is 56.5 Å². The fraction of sp³-hybridized carbons (Fsp3) is 0.250. The minimum absolute atomic E-state index is 0.113. The number of hydrogen-bond donors (Lipinski definition) is 10. The van der Waals surface area contributed by atoms with Gasteiger partial charge in [0.15, 0.2) is 5.60 Å². The van der Waals surface area contributed by atoms with Crippen LogP contribution in [0, 0.1) is 0 Å². The number of carboxylic acid groups (broad SMARTS) is 3. The normalized spacial score (nSPS) is 12.0. The van der Waals surface area contributed by atoms with Crippen molar-refractivity contribution in [1.29, 1.82) is 0 Å². The van der Waals surface area contributed by atoms with Crippen LogP contribution in [0.25, 0.3) is 64.6 Å². The number of carbonyl (C=O) groups is 3. The average molecular weight is 883 g/mol. The van der Waals surface area contributed by atoms with Gasteiger partial charge in [0.05, 0.1) is 50.3 Å². The van der Waals surface area contributed by atoms with E-state index in [-0.39, 0.29) is 26.4 Å². The minimum Gasteiger partial charge on any atom is -0.481 e. The number of aliphatic hydroxyl groups is 5. The highest BCUT2D eigenvalue weighted by Crippen LogP contribution is 2.35. The lowest BCUT2D eigenvalue weighted by Crippen LogP contribution is -2.48. The van der Waals surface area contributed by atoms with Gasteiger partial charge in [0.1, 0.15) is 0 Å². The molecule has 0 fully saturated rings. The third-order valence-corrected chi connectivity index (χ3v) is 11.8. The number of aliphatic carboxylic acids is 3. The van der Waals surface area contributed by atoms with Gasteiger partial charge in [-0.3, -0.25) is 9.59 Å². The predicted octanol–water partition coefficient (Wildman–Crippen LogP) is 6.71. The monoisotopic (exact) mass is 882 g/mol. The molecule has 65 heavy (non-hydrogen) atoms. The van der Waals surface area contributed by atoms with Crippen LogP contribution < -0.4 is 10.6 Å². The first-order valence-corrected chi connectivity index (χ1v) is 21.0. The summed E-state index contributed by atoms with van der Waals surface area (Å²) in [4.78, 5) is 30.5. The van der Waals surface area contributed by atoms with Crippen molar-refractivity contribution in [1.82, 2.24) is 10.6 Å². The largest absolute Gasteiger partial charge is 0.481 e. The van der Waals surface area contributed by atoms with Crippen molar-refractivity contribution in [3.63, 3.8) is 0 Å². The fourth-order valence-electron chi connectivity index (χ4n) is 7.82. The van der Waals surface area contributed by atoms with E-state index in [9.17, 15) is 34.8 Å². The van der Waals surface area contributed by atoms with Crippen LogP contribution in [0.15, 0.2) is 133 Å². The van der Waals surface area contributed by atoms with E-state index in [0.29, 0.717) is 13.1 Å². The first-order valence-electron chi connectivity index (χ1n) is 21.0. The van der Waals surface area contributed by atoms with E-state index in [1.54, 1.807) is 0 Å². The molecule has 0 spiro atoms. The number of hydrogen-bond acceptors (Lipinski definition) is 10. The standard InChI is InChI=1S/2C23H23NO2.C6H8O7/c2*1-23(14-25,15-26)24-13-17-12-22-18-7-3-2-6-16(18)10-11-21(22)20-9-5-4-8-19(17)20;7-3(8)1-6(13,5(11)12)2-4(9)10/h2*2-12,24-26H,13-15H2,1H3;13H,1-2H2,(H,7,8)(H,9,10)(H,11,12). The molecule has 0 unspecified atom stereocenters. The predicted molar refractivity (Wildman–Crippen MR) is 254 cm³/mol. The van der Waals surface area contributed by atoms with Crippen LogP contribution in [0.3, 0.4) is 0 Å². The van der Waals surface area contributed by atoms with E-state index in [2.05, 4.69) is 144 Å². The van der Waals surface area contributed by atoms with Crippen LogP contribution in [0.1, 0.15) is 37.8 Å². The summed E-state index contributed by atoms with van der Waals surface area (Å²) in [6.07, 6.45) is -2.29. The van der Waals surface area contributed by atoms with E-state index in [1.807, 2.05) is 13.8 Å². The fourth-order valence-corrected chi connectivity index (χ4v) is 7.82. The Morgan fingerprint density at radius 1 is 0.431 bits per heavy atom. The molecule has 0 heterocycles. The van der Waals surface area contributed by atoms with E-state index < -0.39 is 47.4 Å². The van der Waals surface area contributed by atoms with Crippen LogP contribution in [0.4, 0.5) is 0 Å². The molecule has 0 amide bonds. The van der Waals surface area contributed by atoms with E-state index in [4.69, 9.17) is 20.4 Å². The van der Waals surface area contributed by atoms with Gasteiger partial charge in [0, 0.05) is 13.1 Å². The summed E-state index contributed by atoms with van der Waals surface area (Å²) in [6.45, 7) is 4.36. The van der Waals surface area contributed by atoms with Gasteiger partial charge in [0.2, 0.25) is 0 Å². The maximum atomic E-state index is 10.3. The summed E-state index contributed by atoms with van der Waals surface area (Å²) >= 11 is 0. The Morgan fingerprint density at radius 2 is 0.738 bits per heavy atom. The Labute approximate surface area is 374 Å². The maximum Gasteiger partial charge on any atom is 0.336 e. The van der Waals surface area contributed by atoms with E-state index in [0.717, 1.165) is 11.1 Å². The third kappa shape index (κ3) is 10.9. The molecule has 0 bridgehead atoms. The van der Waals surface area contributed by atoms with Gasteiger partial charge in [-0.25, -0.2) is 4.79 Å². The number of fused-ring (bicyclic) bond motifs is 10. The summed E-state index contributed by atoms with van der Waals surface area (Å²) in [5.41, 5.74) is -1.81. The SMILES string of the molecule is CC(CO)(CO)NCc1cc2c3ccccc3ccc2c2ccccc12.CC(CO)(CO)NCc1cc2c3ccccc3ccc2c2ccccc12.O=C(O)CC(O)(CC(=O)O)C(=O)O. The van der Waals surface area contributed by atoms with E-state index in [1.165, 1.54) is 64.6 Å². The number of benzene rings is 8. The molecule has 0 aromatic heterocycles. The Hall–Kier alpha value is -6.55. The van der Waals surface area contributed by atoms with Gasteiger partial charge in [-0.05, 0) is 102 Å². The third-order valence-electron chi connectivity index (χ3n) is 11.8. The lowest BCUT2D eigenvalue weighted by Gasteiger charge is -2.27. The molecule has 13 heteroatoms. The average Bonchev–Trinajstić information content (AvgIpc) is 3.32. The van der Waals surface area contributed by atoms with Crippen LogP contribution in [-0.4, -0.2) is 102 Å². The van der Waals surface area contributed by atoms with Crippen LogP contribution in [0.5, 0.6) is 0 Å². The minimum atomic E-state index is -2.74. The lowest BCUT2D eigenvalue weighted by molar-refractivity contribution is -0.170. The highest BCUT2D eigenvalue weighted by Gasteiger charge is 2.40. The molecule has 10 N–H and O–H groups in total. The molecule has 0 aliphatic rings. The summed E-state index contributed by atoms with van der Waals surface area (Å²) in [6, 6.07) is 46.9. The zero-order valence-corrected chi connectivity index (χ0v) is 36.2. The molecule has 338 valence electrons. The maximum absolute atomic E-state index is 10.3. The topological polar surface area (TPSA) is 237 Å². The van der Waals surface area contributed by atoms with Crippen LogP contribution >= 0.6 is 0 Å². The summed E-state index contributed by atoms with van der Waals surface area (Å²) in [7, 11) is 0. The molecule has 0 saturated heterocycles. The van der Waals surface area contributed by atoms with Crippen molar-refractivity contribution in [3.8, 4) is 0 Å². The lowest BCUT2D eigenvalue weighted by atomic mass is 9.93. The Balaban J connectivity index is 0.000000172. The molecule has 13 nitrogen and oxygen atoms in total. The second-order valence-electron chi connectivity index (χ2n) is 16.9. The number of aliphatic hydroxyl groups excluding tert-OH is 4. The molecular formula is C52H54N2O11. The summed E-state index contributed by atoms with van der Waals surface area (Å²) < 4.78 is 0. The summed E-state index contributed by atoms with van der Waals surface area (Å²) in [5.74, 6) is -5.02. The first kappa shape index (κ1) is 47.9. The summed E-state index contributed by atoms with van der Waals surface area (Å²) in [5, 5.41) is 93.4. The molecule has 0 radical (unpaired) electrons. The number of rotatable bonds is 15. The second-order valence-corrected chi connectivity index (χ2v) is 16.9. The van der Waals surface area contributed by atoms with Gasteiger partial charge < -0.3 is 51.5 Å². The highest BCUT2D eigenvalue weighted by atomic mass is 16.4. The molecule has 8 aromatic carbocycles. The van der Waals surface area contributed by atoms with Crippen molar-refractivity contribution in [2.75, 3.05) is 26.4 Å². The zero-order valence-electron chi connectivity index (χ0n) is 36.2. The van der Waals surface area contributed by atoms with Gasteiger partial charge in [-0.1, -0.05) is 121 Å². The Kier molecular flexibility index (Phi) is 15.1. The smallest absolute Gasteiger partial charge is 0.336 e. The molecular weight excluding hydrogens is 829 g/mol. The highest BCUT2D eigenvalue weighted by molar-refractivity contribution is 6.19.